The number of hydrogen-bond acceptors (Lipinski definition) is 3. The van der Waals surface area contributed by atoms with Crippen molar-refractivity contribution in [2.45, 2.75) is 13.5 Å². The van der Waals surface area contributed by atoms with Gasteiger partial charge in [-0.2, -0.15) is 0 Å². The highest BCUT2D eigenvalue weighted by Crippen LogP contribution is 2.30. The summed E-state index contributed by atoms with van der Waals surface area (Å²) in [6.07, 6.45) is 4.09. The van der Waals surface area contributed by atoms with Crippen LogP contribution in [-0.2, 0) is 13.6 Å². The number of aryl methyl sites for hydroxylation is 1. The Labute approximate surface area is 137 Å². The van der Waals surface area contributed by atoms with Gasteiger partial charge >= 0.3 is 0 Å². The molecule has 2 N–H and O–H groups in total. The van der Waals surface area contributed by atoms with Crippen molar-refractivity contribution in [3.8, 4) is 11.5 Å². The number of aliphatic imine (C=N–C) groups is 1. The molecule has 0 aliphatic carbocycles. The van der Waals surface area contributed by atoms with Gasteiger partial charge in [-0.15, -0.1) is 0 Å². The first kappa shape index (κ1) is 16.7. The maximum atomic E-state index is 5.52. The maximum Gasteiger partial charge on any atom is 0.195 e. The lowest BCUT2D eigenvalue weighted by Crippen LogP contribution is -2.30. The average molecular weight is 316 g/mol. The molecule has 124 valence electrons. The summed E-state index contributed by atoms with van der Waals surface area (Å²) in [5.41, 5.74) is 2.08. The Bertz CT molecular complexity index is 664. The fourth-order valence-corrected chi connectivity index (χ4v) is 2.19. The Morgan fingerprint density at radius 2 is 2.09 bits per heavy atom. The fraction of sp³-hybridized carbons (Fsp3) is 0.353. The van der Waals surface area contributed by atoms with E-state index in [0.717, 1.165) is 11.4 Å². The molecule has 2 rings (SSSR count). The summed E-state index contributed by atoms with van der Waals surface area (Å²) in [6, 6.07) is 7.78. The molecule has 6 nitrogen and oxygen atoms in total. The van der Waals surface area contributed by atoms with Gasteiger partial charge in [-0.25, -0.2) is 0 Å². The third kappa shape index (κ3) is 4.67. The summed E-state index contributed by atoms with van der Waals surface area (Å²) in [4.78, 5) is 4.24. The summed E-state index contributed by atoms with van der Waals surface area (Å²) >= 11 is 0. The standard InChI is InChI=1S/C17H24N4O2/c1-5-23-15-7-6-14(10-16(15)22-4)20-17(18-2)19-11-13-8-9-21(3)12-13/h6-10,12H,5,11H2,1-4H3,(H2,18,19,20). The van der Waals surface area contributed by atoms with Crippen LogP contribution in [0.4, 0.5) is 5.69 Å². The molecule has 6 heteroatoms. The Morgan fingerprint density at radius 3 is 2.70 bits per heavy atom. The summed E-state index contributed by atoms with van der Waals surface area (Å²) in [5.74, 6) is 2.11. The largest absolute Gasteiger partial charge is 0.493 e. The number of methoxy groups -OCH3 is 1. The predicted molar refractivity (Wildman–Crippen MR) is 93.4 cm³/mol. The van der Waals surface area contributed by atoms with Crippen LogP contribution in [0.5, 0.6) is 11.5 Å². The van der Waals surface area contributed by atoms with Crippen LogP contribution in [0.3, 0.4) is 0 Å². The van der Waals surface area contributed by atoms with Crippen molar-refractivity contribution in [2.24, 2.45) is 12.0 Å². The zero-order valence-electron chi connectivity index (χ0n) is 14.1. The number of nitrogens with one attached hydrogen (secondary N) is 2. The van der Waals surface area contributed by atoms with Crippen LogP contribution >= 0.6 is 0 Å². The number of benzene rings is 1. The molecular weight excluding hydrogens is 292 g/mol. The van der Waals surface area contributed by atoms with E-state index in [1.165, 1.54) is 5.56 Å². The van der Waals surface area contributed by atoms with Gasteiger partial charge in [-0.05, 0) is 30.7 Å². The van der Waals surface area contributed by atoms with Crippen LogP contribution in [-0.4, -0.2) is 31.3 Å². The molecular formula is C17H24N4O2. The third-order valence-electron chi connectivity index (χ3n) is 3.30. The molecule has 2 aromatic rings. The Kier molecular flexibility index (Phi) is 5.91. The van der Waals surface area contributed by atoms with Gasteiger partial charge in [0.05, 0.1) is 13.7 Å². The van der Waals surface area contributed by atoms with Gasteiger partial charge in [-0.1, -0.05) is 0 Å². The monoisotopic (exact) mass is 316 g/mol. The van der Waals surface area contributed by atoms with E-state index in [-0.39, 0.29) is 0 Å². The Balaban J connectivity index is 2.01. The number of ether oxygens (including phenoxy) is 2. The van der Waals surface area contributed by atoms with Crippen molar-refractivity contribution in [1.29, 1.82) is 0 Å². The van der Waals surface area contributed by atoms with Crippen LogP contribution in [0.1, 0.15) is 12.5 Å². The van der Waals surface area contributed by atoms with Gasteiger partial charge in [0.25, 0.3) is 0 Å². The van der Waals surface area contributed by atoms with Crippen molar-refractivity contribution in [2.75, 3.05) is 26.1 Å². The SMILES string of the molecule is CCOc1ccc(NC(=NC)NCc2ccn(C)c2)cc1OC. The smallest absolute Gasteiger partial charge is 0.195 e. The average Bonchev–Trinajstić information content (AvgIpc) is 2.98. The van der Waals surface area contributed by atoms with E-state index < -0.39 is 0 Å². The maximum absolute atomic E-state index is 5.52. The molecule has 1 aromatic heterocycles. The van der Waals surface area contributed by atoms with E-state index in [1.54, 1.807) is 14.2 Å². The number of guanidine groups is 1. The lowest BCUT2D eigenvalue weighted by atomic mass is 10.2. The molecule has 23 heavy (non-hydrogen) atoms. The first-order valence-electron chi connectivity index (χ1n) is 7.55. The Hall–Kier alpha value is -2.63. The minimum Gasteiger partial charge on any atom is -0.493 e. The highest BCUT2D eigenvalue weighted by atomic mass is 16.5. The van der Waals surface area contributed by atoms with Crippen LogP contribution in [0.15, 0.2) is 41.7 Å². The zero-order chi connectivity index (χ0) is 16.7. The van der Waals surface area contributed by atoms with E-state index in [4.69, 9.17) is 9.47 Å². The van der Waals surface area contributed by atoms with E-state index in [9.17, 15) is 0 Å². The van der Waals surface area contributed by atoms with Gasteiger partial charge in [0, 0.05) is 44.8 Å². The van der Waals surface area contributed by atoms with Gasteiger partial charge in [0.15, 0.2) is 17.5 Å². The molecule has 0 aliphatic heterocycles. The quantitative estimate of drug-likeness (QED) is 0.635. The van der Waals surface area contributed by atoms with Crippen LogP contribution < -0.4 is 20.1 Å². The molecule has 0 bridgehead atoms. The highest BCUT2D eigenvalue weighted by molar-refractivity contribution is 5.93. The molecule has 1 heterocycles. The number of rotatable bonds is 6. The zero-order valence-corrected chi connectivity index (χ0v) is 14.1. The molecule has 0 unspecified atom stereocenters. The summed E-state index contributed by atoms with van der Waals surface area (Å²) in [7, 11) is 5.37. The number of hydrogen-bond donors (Lipinski definition) is 2. The minimum atomic E-state index is 0.601. The molecule has 0 saturated heterocycles. The molecule has 0 saturated carbocycles. The molecule has 0 radical (unpaired) electrons. The minimum absolute atomic E-state index is 0.601. The predicted octanol–water partition coefficient (Wildman–Crippen LogP) is 2.62. The second kappa shape index (κ2) is 8.12. The van der Waals surface area contributed by atoms with Crippen molar-refractivity contribution in [3.05, 3.63) is 42.2 Å². The van der Waals surface area contributed by atoms with Crippen molar-refractivity contribution < 1.29 is 9.47 Å². The second-order valence-corrected chi connectivity index (χ2v) is 5.03. The van der Waals surface area contributed by atoms with Gasteiger partial charge in [-0.3, -0.25) is 4.99 Å². The van der Waals surface area contributed by atoms with E-state index >= 15 is 0 Å². The van der Waals surface area contributed by atoms with Gasteiger partial charge in [0.2, 0.25) is 0 Å². The summed E-state index contributed by atoms with van der Waals surface area (Å²) < 4.78 is 12.9. The molecule has 0 fully saturated rings. The van der Waals surface area contributed by atoms with E-state index in [0.29, 0.717) is 24.9 Å². The second-order valence-electron chi connectivity index (χ2n) is 5.03. The van der Waals surface area contributed by atoms with Crippen LogP contribution in [0.25, 0.3) is 0 Å². The molecule has 0 amide bonds. The van der Waals surface area contributed by atoms with Crippen LogP contribution in [0.2, 0.25) is 0 Å². The first-order valence-corrected chi connectivity index (χ1v) is 7.55. The molecule has 1 aromatic carbocycles. The fourth-order valence-electron chi connectivity index (χ4n) is 2.19. The van der Waals surface area contributed by atoms with Crippen molar-refractivity contribution in [1.82, 2.24) is 9.88 Å². The topological polar surface area (TPSA) is 59.8 Å². The Morgan fingerprint density at radius 1 is 1.26 bits per heavy atom. The summed E-state index contributed by atoms with van der Waals surface area (Å²) in [6.45, 7) is 3.25. The highest BCUT2D eigenvalue weighted by Gasteiger charge is 2.07. The normalized spacial score (nSPS) is 11.2. The van der Waals surface area contributed by atoms with Crippen LogP contribution in [0, 0.1) is 0 Å². The molecule has 0 atom stereocenters. The van der Waals surface area contributed by atoms with Gasteiger partial charge < -0.3 is 24.7 Å². The summed E-state index contributed by atoms with van der Waals surface area (Å²) in [5, 5.41) is 6.52. The van der Waals surface area contributed by atoms with Gasteiger partial charge in [0.1, 0.15) is 0 Å². The van der Waals surface area contributed by atoms with Crippen molar-refractivity contribution >= 4 is 11.6 Å². The molecule has 0 aliphatic rings. The number of aromatic nitrogens is 1. The van der Waals surface area contributed by atoms with E-state index in [2.05, 4.69) is 27.9 Å². The first-order chi connectivity index (χ1) is 11.2. The number of anilines is 1. The number of nitrogens with zero attached hydrogens (tertiary/aromatic N) is 2. The van der Waals surface area contributed by atoms with E-state index in [1.807, 2.05) is 42.9 Å². The lowest BCUT2D eigenvalue weighted by Gasteiger charge is -2.14. The third-order valence-corrected chi connectivity index (χ3v) is 3.30. The lowest BCUT2D eigenvalue weighted by molar-refractivity contribution is 0.311. The van der Waals surface area contributed by atoms with Crippen molar-refractivity contribution in [3.63, 3.8) is 0 Å². The molecule has 0 spiro atoms.